The predicted molar refractivity (Wildman–Crippen MR) is 71.7 cm³/mol. The second-order valence-electron chi connectivity index (χ2n) is 4.93. The molecule has 0 bridgehead atoms. The first-order chi connectivity index (χ1) is 9.34. The number of piperidine rings is 1. The Hall–Kier alpha value is -1.44. The molecule has 1 aromatic rings. The monoisotopic (exact) mass is 299 g/mol. The molecule has 6 nitrogen and oxygen atoms in total. The highest BCUT2D eigenvalue weighted by molar-refractivity contribution is 7.89. The number of nitrogens with zero attached hydrogens (tertiary/aromatic N) is 1. The van der Waals surface area contributed by atoms with E-state index in [1.807, 2.05) is 0 Å². The molecule has 1 fully saturated rings. The molecule has 0 aliphatic carbocycles. The number of carboxylic acids is 1. The molecule has 110 valence electrons. The van der Waals surface area contributed by atoms with Crippen molar-refractivity contribution in [1.29, 1.82) is 0 Å². The van der Waals surface area contributed by atoms with E-state index >= 15 is 0 Å². The summed E-state index contributed by atoms with van der Waals surface area (Å²) >= 11 is 0. The third kappa shape index (κ3) is 2.70. The normalized spacial score (nSPS) is 24.5. The summed E-state index contributed by atoms with van der Waals surface area (Å²) in [6, 6.07) is 6.58. The van der Waals surface area contributed by atoms with E-state index < -0.39 is 28.0 Å². The van der Waals surface area contributed by atoms with Gasteiger partial charge in [-0.3, -0.25) is 4.79 Å². The molecule has 0 aromatic heterocycles. The predicted octanol–water partition coefficient (Wildman–Crippen LogP) is 0.451. The van der Waals surface area contributed by atoms with Crippen LogP contribution in [0.15, 0.2) is 29.2 Å². The van der Waals surface area contributed by atoms with Gasteiger partial charge in [-0.05, 0) is 25.0 Å². The largest absolute Gasteiger partial charge is 0.481 e. The summed E-state index contributed by atoms with van der Waals surface area (Å²) in [6.07, 6.45) is -0.877. The highest BCUT2D eigenvalue weighted by Gasteiger charge is 2.38. The smallest absolute Gasteiger partial charge is 0.310 e. The van der Waals surface area contributed by atoms with Crippen LogP contribution in [-0.4, -0.2) is 48.1 Å². The highest BCUT2D eigenvalue weighted by Crippen LogP contribution is 2.25. The number of aryl methyl sites for hydroxylation is 1. The average molecular weight is 299 g/mol. The van der Waals surface area contributed by atoms with Crippen LogP contribution in [0.4, 0.5) is 0 Å². The first kappa shape index (κ1) is 15.0. The van der Waals surface area contributed by atoms with Crippen molar-refractivity contribution in [3.05, 3.63) is 29.8 Å². The Morgan fingerprint density at radius 1 is 1.35 bits per heavy atom. The number of carbonyl (C=O) groups is 1. The molecular weight excluding hydrogens is 282 g/mol. The molecule has 0 radical (unpaired) electrons. The number of benzene rings is 1. The third-order valence-corrected chi connectivity index (χ3v) is 5.59. The van der Waals surface area contributed by atoms with Gasteiger partial charge in [0, 0.05) is 13.1 Å². The van der Waals surface area contributed by atoms with Crippen LogP contribution in [0.2, 0.25) is 0 Å². The van der Waals surface area contributed by atoms with E-state index in [0.717, 1.165) is 4.31 Å². The van der Waals surface area contributed by atoms with Gasteiger partial charge < -0.3 is 10.2 Å². The number of hydrogen-bond acceptors (Lipinski definition) is 4. The summed E-state index contributed by atoms with van der Waals surface area (Å²) in [5.41, 5.74) is 0.616. The van der Waals surface area contributed by atoms with Gasteiger partial charge in [0.05, 0.1) is 16.9 Å². The molecule has 1 aliphatic rings. The topological polar surface area (TPSA) is 94.9 Å². The minimum absolute atomic E-state index is 0.127. The second-order valence-corrected chi connectivity index (χ2v) is 6.84. The maximum absolute atomic E-state index is 12.5. The Morgan fingerprint density at radius 2 is 2.00 bits per heavy atom. The van der Waals surface area contributed by atoms with Crippen molar-refractivity contribution in [1.82, 2.24) is 4.31 Å². The molecule has 1 aliphatic heterocycles. The van der Waals surface area contributed by atoms with Crippen molar-refractivity contribution >= 4 is 16.0 Å². The third-order valence-electron chi connectivity index (χ3n) is 3.57. The van der Waals surface area contributed by atoms with Gasteiger partial charge in [0.15, 0.2) is 0 Å². The molecule has 0 unspecified atom stereocenters. The first-order valence-electron chi connectivity index (χ1n) is 6.30. The maximum Gasteiger partial charge on any atom is 0.310 e. The zero-order valence-corrected chi connectivity index (χ0v) is 11.9. The van der Waals surface area contributed by atoms with Gasteiger partial charge in [-0.2, -0.15) is 4.31 Å². The summed E-state index contributed by atoms with van der Waals surface area (Å²) in [5.74, 6) is -2.26. The highest BCUT2D eigenvalue weighted by atomic mass is 32.2. The fourth-order valence-corrected chi connectivity index (χ4v) is 4.06. The van der Waals surface area contributed by atoms with E-state index in [4.69, 9.17) is 5.11 Å². The van der Waals surface area contributed by atoms with Crippen molar-refractivity contribution in [2.45, 2.75) is 24.3 Å². The van der Waals surface area contributed by atoms with Crippen LogP contribution >= 0.6 is 0 Å². The van der Waals surface area contributed by atoms with Crippen molar-refractivity contribution in [3.8, 4) is 0 Å². The van der Waals surface area contributed by atoms with E-state index in [9.17, 15) is 18.3 Å². The standard InChI is InChI=1S/C13H17NO5S/c1-9-4-2-3-5-12(9)20(18,19)14-7-6-11(15)10(8-14)13(16)17/h2-5,10-11,15H,6-8H2,1H3,(H,16,17)/t10-,11+/m0/s1. The molecule has 2 rings (SSSR count). The molecule has 0 saturated carbocycles. The summed E-state index contributed by atoms with van der Waals surface area (Å²) in [7, 11) is -3.72. The number of hydrogen-bond donors (Lipinski definition) is 2. The van der Waals surface area contributed by atoms with Crippen LogP contribution in [0.1, 0.15) is 12.0 Å². The molecule has 0 spiro atoms. The van der Waals surface area contributed by atoms with Gasteiger partial charge in [-0.25, -0.2) is 8.42 Å². The summed E-state index contributed by atoms with van der Waals surface area (Å²) in [4.78, 5) is 11.2. The second kappa shape index (κ2) is 5.51. The number of rotatable bonds is 3. The van der Waals surface area contributed by atoms with E-state index in [1.165, 1.54) is 6.07 Å². The van der Waals surface area contributed by atoms with Gasteiger partial charge in [-0.1, -0.05) is 18.2 Å². The summed E-state index contributed by atoms with van der Waals surface area (Å²) in [5, 5.41) is 18.7. The Balaban J connectivity index is 2.31. The number of aliphatic hydroxyl groups is 1. The summed E-state index contributed by atoms with van der Waals surface area (Å²) in [6.45, 7) is 1.62. The Morgan fingerprint density at radius 3 is 2.60 bits per heavy atom. The molecule has 2 N–H and O–H groups in total. The Bertz CT molecular complexity index is 613. The molecular formula is C13H17NO5S. The SMILES string of the molecule is Cc1ccccc1S(=O)(=O)N1CC[C@@H](O)[C@@H](C(=O)O)C1. The lowest BCUT2D eigenvalue weighted by Gasteiger charge is -2.33. The molecule has 0 amide bonds. The van der Waals surface area contributed by atoms with E-state index in [2.05, 4.69) is 0 Å². The van der Waals surface area contributed by atoms with Gasteiger partial charge in [0.2, 0.25) is 10.0 Å². The lowest BCUT2D eigenvalue weighted by molar-refractivity contribution is -0.147. The summed E-state index contributed by atoms with van der Waals surface area (Å²) < 4.78 is 26.2. The van der Waals surface area contributed by atoms with Crippen LogP contribution in [0, 0.1) is 12.8 Å². The Kier molecular flexibility index (Phi) is 4.12. The number of aliphatic hydroxyl groups excluding tert-OH is 1. The number of sulfonamides is 1. The molecule has 20 heavy (non-hydrogen) atoms. The van der Waals surface area contributed by atoms with Gasteiger partial charge in [0.25, 0.3) is 0 Å². The van der Waals surface area contributed by atoms with Crippen LogP contribution in [0.5, 0.6) is 0 Å². The zero-order chi connectivity index (χ0) is 14.9. The number of aliphatic carboxylic acids is 1. The Labute approximate surface area is 117 Å². The lowest BCUT2D eigenvalue weighted by Crippen LogP contribution is -2.48. The van der Waals surface area contributed by atoms with E-state index in [-0.39, 0.29) is 24.4 Å². The molecule has 2 atom stereocenters. The van der Waals surface area contributed by atoms with Crippen LogP contribution in [-0.2, 0) is 14.8 Å². The fraction of sp³-hybridized carbons (Fsp3) is 0.462. The number of carboxylic acid groups (broad SMARTS) is 1. The lowest BCUT2D eigenvalue weighted by atomic mass is 9.96. The van der Waals surface area contributed by atoms with E-state index in [0.29, 0.717) is 5.56 Å². The molecule has 1 saturated heterocycles. The molecule has 1 aromatic carbocycles. The van der Waals surface area contributed by atoms with Crippen LogP contribution in [0.3, 0.4) is 0 Å². The first-order valence-corrected chi connectivity index (χ1v) is 7.74. The fourth-order valence-electron chi connectivity index (χ4n) is 2.36. The molecule has 1 heterocycles. The van der Waals surface area contributed by atoms with Gasteiger partial charge in [-0.15, -0.1) is 0 Å². The van der Waals surface area contributed by atoms with Gasteiger partial charge in [0.1, 0.15) is 0 Å². The zero-order valence-electron chi connectivity index (χ0n) is 11.1. The molecule has 7 heteroatoms. The maximum atomic E-state index is 12.5. The van der Waals surface area contributed by atoms with Crippen molar-refractivity contribution < 1.29 is 23.4 Å². The van der Waals surface area contributed by atoms with Crippen LogP contribution < -0.4 is 0 Å². The van der Waals surface area contributed by atoms with Crippen LogP contribution in [0.25, 0.3) is 0 Å². The minimum atomic E-state index is -3.72. The van der Waals surface area contributed by atoms with E-state index in [1.54, 1.807) is 25.1 Å². The van der Waals surface area contributed by atoms with Crippen molar-refractivity contribution in [2.75, 3.05) is 13.1 Å². The van der Waals surface area contributed by atoms with Crippen molar-refractivity contribution in [2.24, 2.45) is 5.92 Å². The average Bonchev–Trinajstić information content (AvgIpc) is 2.38. The quantitative estimate of drug-likeness (QED) is 0.845. The van der Waals surface area contributed by atoms with Gasteiger partial charge >= 0.3 is 5.97 Å². The minimum Gasteiger partial charge on any atom is -0.481 e. The van der Waals surface area contributed by atoms with Crippen molar-refractivity contribution in [3.63, 3.8) is 0 Å².